The number of benzene rings is 2. The third-order valence-electron chi connectivity index (χ3n) is 4.44. The maximum absolute atomic E-state index is 14.2. The number of nitrogens with one attached hydrogen (secondary N) is 1. The molecule has 0 aliphatic carbocycles. The zero-order chi connectivity index (χ0) is 19.4. The maximum atomic E-state index is 14.2. The topological polar surface area (TPSA) is 33.7 Å². The molecule has 2 aromatic carbocycles. The van der Waals surface area contributed by atoms with Gasteiger partial charge < -0.3 is 14.8 Å². The Hall–Kier alpha value is -1.74. The van der Waals surface area contributed by atoms with Gasteiger partial charge in [0, 0.05) is 26.2 Å². The lowest BCUT2D eigenvalue weighted by Crippen LogP contribution is -2.45. The van der Waals surface area contributed by atoms with Gasteiger partial charge in [-0.3, -0.25) is 4.90 Å². The molecule has 1 atom stereocenters. The number of methoxy groups -OCH3 is 1. The van der Waals surface area contributed by atoms with E-state index in [1.807, 2.05) is 0 Å². The van der Waals surface area contributed by atoms with E-state index in [9.17, 15) is 17.6 Å². The second kappa shape index (κ2) is 10.9. The van der Waals surface area contributed by atoms with Crippen LogP contribution in [0.4, 0.5) is 17.6 Å². The third-order valence-corrected chi connectivity index (χ3v) is 4.44. The Balaban J connectivity index is 0.00000210. The number of rotatable bonds is 5. The number of hydrogen-bond acceptors (Lipinski definition) is 4. The summed E-state index contributed by atoms with van der Waals surface area (Å²) in [5.41, 5.74) is 1.47. The van der Waals surface area contributed by atoms with E-state index in [2.05, 4.69) is 15.0 Å². The van der Waals surface area contributed by atoms with Crippen LogP contribution >= 0.6 is 24.8 Å². The SMILES string of the molecule is COc1ccc([C@@H](c2ccc(OC(F)(F)F)cc2)N2CCNCC2)cc1F.Cl.Cl. The van der Waals surface area contributed by atoms with Crippen molar-refractivity contribution in [3.05, 3.63) is 59.4 Å². The summed E-state index contributed by atoms with van der Waals surface area (Å²) in [5, 5.41) is 3.26. The molecule has 0 saturated carbocycles. The van der Waals surface area contributed by atoms with Crippen LogP contribution in [0.15, 0.2) is 42.5 Å². The molecule has 0 spiro atoms. The van der Waals surface area contributed by atoms with Crippen LogP contribution in [0.1, 0.15) is 17.2 Å². The average Bonchev–Trinajstić information content (AvgIpc) is 2.63. The number of piperazine rings is 1. The zero-order valence-corrected chi connectivity index (χ0v) is 17.2. The normalized spacial score (nSPS) is 15.6. The van der Waals surface area contributed by atoms with Crippen molar-refractivity contribution in [1.82, 2.24) is 10.2 Å². The fourth-order valence-corrected chi connectivity index (χ4v) is 3.26. The van der Waals surface area contributed by atoms with Gasteiger partial charge >= 0.3 is 6.36 Å². The summed E-state index contributed by atoms with van der Waals surface area (Å²) in [6.45, 7) is 3.03. The summed E-state index contributed by atoms with van der Waals surface area (Å²) in [4.78, 5) is 2.16. The minimum absolute atomic E-state index is 0. The molecule has 4 nitrogen and oxygen atoms in total. The molecule has 1 N–H and O–H groups in total. The second-order valence-electron chi connectivity index (χ2n) is 6.20. The Morgan fingerprint density at radius 3 is 2.07 bits per heavy atom. The molecule has 0 radical (unpaired) electrons. The molecule has 3 rings (SSSR count). The first-order valence-electron chi connectivity index (χ1n) is 8.51. The summed E-state index contributed by atoms with van der Waals surface area (Å²) in [6.07, 6.45) is -4.74. The van der Waals surface area contributed by atoms with E-state index in [1.165, 1.54) is 25.3 Å². The van der Waals surface area contributed by atoms with E-state index in [0.29, 0.717) is 5.56 Å². The molecular weight excluding hydrogens is 435 g/mol. The first kappa shape index (κ1) is 25.3. The Bertz CT molecular complexity index is 770. The van der Waals surface area contributed by atoms with Crippen molar-refractivity contribution >= 4 is 24.8 Å². The lowest BCUT2D eigenvalue weighted by atomic mass is 9.96. The van der Waals surface area contributed by atoms with Gasteiger partial charge in [0.25, 0.3) is 0 Å². The van der Waals surface area contributed by atoms with E-state index in [0.717, 1.165) is 31.7 Å². The summed E-state index contributed by atoms with van der Waals surface area (Å²) in [5.74, 6) is -0.620. The molecule has 0 bridgehead atoms. The lowest BCUT2D eigenvalue weighted by molar-refractivity contribution is -0.274. The van der Waals surface area contributed by atoms with Crippen LogP contribution in [0.3, 0.4) is 0 Å². The van der Waals surface area contributed by atoms with E-state index in [1.54, 1.807) is 24.3 Å². The molecule has 0 unspecified atom stereocenters. The van der Waals surface area contributed by atoms with Gasteiger partial charge in [0.1, 0.15) is 5.75 Å². The highest BCUT2D eigenvalue weighted by Gasteiger charge is 2.31. The van der Waals surface area contributed by atoms with Crippen molar-refractivity contribution in [2.45, 2.75) is 12.4 Å². The number of halogens is 6. The molecular formula is C19H22Cl2F4N2O2. The van der Waals surface area contributed by atoms with Crippen LogP contribution < -0.4 is 14.8 Å². The van der Waals surface area contributed by atoms with Crippen molar-refractivity contribution in [3.63, 3.8) is 0 Å². The molecule has 29 heavy (non-hydrogen) atoms. The minimum atomic E-state index is -4.74. The molecule has 10 heteroatoms. The molecule has 2 aromatic rings. The minimum Gasteiger partial charge on any atom is -0.494 e. The molecule has 1 aliphatic heterocycles. The summed E-state index contributed by atoms with van der Waals surface area (Å²) >= 11 is 0. The van der Waals surface area contributed by atoms with Gasteiger partial charge in [0.2, 0.25) is 0 Å². The maximum Gasteiger partial charge on any atom is 0.573 e. The highest BCUT2D eigenvalue weighted by Crippen LogP contribution is 2.33. The van der Waals surface area contributed by atoms with E-state index < -0.39 is 12.2 Å². The van der Waals surface area contributed by atoms with Crippen LogP contribution in [-0.4, -0.2) is 44.6 Å². The van der Waals surface area contributed by atoms with E-state index in [4.69, 9.17) is 4.74 Å². The van der Waals surface area contributed by atoms with Gasteiger partial charge in [-0.2, -0.15) is 0 Å². The van der Waals surface area contributed by atoms with E-state index >= 15 is 0 Å². The molecule has 0 amide bonds. The van der Waals surface area contributed by atoms with Crippen LogP contribution in [0.25, 0.3) is 0 Å². The van der Waals surface area contributed by atoms with Crippen LogP contribution in [-0.2, 0) is 0 Å². The highest BCUT2D eigenvalue weighted by atomic mass is 35.5. The van der Waals surface area contributed by atoms with Crippen molar-refractivity contribution in [2.75, 3.05) is 33.3 Å². The smallest absolute Gasteiger partial charge is 0.494 e. The van der Waals surface area contributed by atoms with Crippen LogP contribution in [0, 0.1) is 5.82 Å². The lowest BCUT2D eigenvalue weighted by Gasteiger charge is -2.35. The van der Waals surface area contributed by atoms with Crippen molar-refractivity contribution in [3.8, 4) is 11.5 Å². The highest BCUT2D eigenvalue weighted by molar-refractivity contribution is 5.85. The van der Waals surface area contributed by atoms with Gasteiger partial charge in [-0.05, 0) is 35.4 Å². The fraction of sp³-hybridized carbons (Fsp3) is 0.368. The quantitative estimate of drug-likeness (QED) is 0.668. The first-order valence-corrected chi connectivity index (χ1v) is 8.51. The van der Waals surface area contributed by atoms with Crippen LogP contribution in [0.5, 0.6) is 11.5 Å². The van der Waals surface area contributed by atoms with Gasteiger partial charge in [0.05, 0.1) is 13.2 Å². The molecule has 162 valence electrons. The van der Waals surface area contributed by atoms with Gasteiger partial charge in [-0.15, -0.1) is 38.0 Å². The molecule has 1 saturated heterocycles. The van der Waals surface area contributed by atoms with Crippen LogP contribution in [0.2, 0.25) is 0 Å². The summed E-state index contributed by atoms with van der Waals surface area (Å²) in [7, 11) is 1.39. The second-order valence-corrected chi connectivity index (χ2v) is 6.20. The van der Waals surface area contributed by atoms with Crippen molar-refractivity contribution in [2.24, 2.45) is 0 Å². The molecule has 1 fully saturated rings. The molecule has 1 heterocycles. The number of alkyl halides is 3. The Morgan fingerprint density at radius 2 is 1.55 bits per heavy atom. The fourth-order valence-electron chi connectivity index (χ4n) is 3.26. The summed E-state index contributed by atoms with van der Waals surface area (Å²) in [6, 6.07) is 10.2. The Kier molecular flexibility index (Phi) is 9.48. The zero-order valence-electron chi connectivity index (χ0n) is 15.5. The molecule has 1 aliphatic rings. The Labute approximate surface area is 179 Å². The molecule has 0 aromatic heterocycles. The number of hydrogen-bond donors (Lipinski definition) is 1. The van der Waals surface area contributed by atoms with Gasteiger partial charge in [-0.25, -0.2) is 4.39 Å². The van der Waals surface area contributed by atoms with Crippen molar-refractivity contribution < 1.29 is 27.0 Å². The van der Waals surface area contributed by atoms with Gasteiger partial charge in [0.15, 0.2) is 11.6 Å². The Morgan fingerprint density at radius 1 is 0.966 bits per heavy atom. The van der Waals surface area contributed by atoms with Gasteiger partial charge in [-0.1, -0.05) is 18.2 Å². The average molecular weight is 457 g/mol. The first-order chi connectivity index (χ1) is 12.9. The summed E-state index contributed by atoms with van der Waals surface area (Å²) < 4.78 is 60.3. The number of nitrogens with zero attached hydrogens (tertiary/aromatic N) is 1. The van der Waals surface area contributed by atoms with E-state index in [-0.39, 0.29) is 42.4 Å². The predicted octanol–water partition coefficient (Wildman–Crippen LogP) is 4.57. The standard InChI is InChI=1S/C19H20F4N2O2.2ClH/c1-26-17-7-4-14(12-16(17)20)18(25-10-8-24-9-11-25)13-2-5-15(6-3-13)27-19(21,22)23;;/h2-7,12,18,24H,8-11H2,1H3;2*1H/t18-;;/m1../s1. The largest absolute Gasteiger partial charge is 0.573 e. The third kappa shape index (κ3) is 6.64. The van der Waals surface area contributed by atoms with Crippen molar-refractivity contribution in [1.29, 1.82) is 0 Å². The number of ether oxygens (including phenoxy) is 2. The monoisotopic (exact) mass is 456 g/mol. The predicted molar refractivity (Wildman–Crippen MR) is 107 cm³/mol.